The summed E-state index contributed by atoms with van der Waals surface area (Å²) >= 11 is 1.46. The molecule has 0 spiro atoms. The predicted octanol–water partition coefficient (Wildman–Crippen LogP) is 3.77. The smallest absolute Gasteiger partial charge is 0.313 e. The molecule has 104 valence electrons. The lowest BCUT2D eigenvalue weighted by molar-refractivity contribution is -0.139. The molecule has 1 heterocycles. The van der Waals surface area contributed by atoms with Gasteiger partial charge in [-0.15, -0.1) is 11.3 Å². The quantitative estimate of drug-likeness (QED) is 0.906. The van der Waals surface area contributed by atoms with Gasteiger partial charge in [-0.25, -0.2) is 4.98 Å². The third-order valence-electron chi connectivity index (χ3n) is 2.73. The Kier molecular flexibility index (Phi) is 4.42. The molecular weight excluding hydrogens is 273 g/mol. The van der Waals surface area contributed by atoms with Crippen molar-refractivity contribution >= 4 is 21.6 Å². The highest BCUT2D eigenvalue weighted by molar-refractivity contribution is 7.18. The minimum atomic E-state index is -4.15. The van der Waals surface area contributed by atoms with Gasteiger partial charge in [-0.1, -0.05) is 19.1 Å². The van der Waals surface area contributed by atoms with E-state index in [2.05, 4.69) is 10.3 Å². The monoisotopic (exact) mass is 288 g/mol. The van der Waals surface area contributed by atoms with Crippen LogP contribution < -0.4 is 5.32 Å². The molecule has 1 unspecified atom stereocenters. The Morgan fingerprint density at radius 1 is 1.32 bits per heavy atom. The first-order chi connectivity index (χ1) is 8.98. The zero-order valence-electron chi connectivity index (χ0n) is 10.5. The van der Waals surface area contributed by atoms with Gasteiger partial charge in [0.05, 0.1) is 21.6 Å². The predicted molar refractivity (Wildman–Crippen MR) is 71.5 cm³/mol. The number of para-hydroxylation sites is 1. The summed E-state index contributed by atoms with van der Waals surface area (Å²) in [5.41, 5.74) is 0.852. The van der Waals surface area contributed by atoms with E-state index in [4.69, 9.17) is 0 Å². The zero-order valence-corrected chi connectivity index (χ0v) is 11.3. The highest BCUT2D eigenvalue weighted by atomic mass is 32.1. The molecule has 2 rings (SSSR count). The molecular formula is C13H15F3N2S. The molecule has 0 saturated carbocycles. The highest BCUT2D eigenvalue weighted by Gasteiger charge is 2.32. The van der Waals surface area contributed by atoms with Gasteiger partial charge in [0.15, 0.2) is 0 Å². The van der Waals surface area contributed by atoms with Gasteiger partial charge in [0.2, 0.25) is 0 Å². The van der Waals surface area contributed by atoms with Crippen LogP contribution in [0.3, 0.4) is 0 Å². The fraction of sp³-hybridized carbons (Fsp3) is 0.462. The number of hydrogen-bond acceptors (Lipinski definition) is 3. The van der Waals surface area contributed by atoms with Crippen LogP contribution >= 0.6 is 11.3 Å². The number of halogens is 3. The molecule has 6 heteroatoms. The lowest BCUT2D eigenvalue weighted by atomic mass is 10.1. The van der Waals surface area contributed by atoms with Gasteiger partial charge in [-0.05, 0) is 18.7 Å². The van der Waals surface area contributed by atoms with Crippen molar-refractivity contribution in [3.05, 3.63) is 29.3 Å². The Hall–Kier alpha value is -1.14. The van der Waals surface area contributed by atoms with Gasteiger partial charge >= 0.3 is 6.18 Å². The van der Waals surface area contributed by atoms with Crippen molar-refractivity contribution in [2.45, 2.75) is 32.0 Å². The molecule has 2 nitrogen and oxygen atoms in total. The standard InChI is InChI=1S/C13H15F3N2S/c1-2-17-9(8-13(14,15)16)7-12-18-10-5-3-4-6-11(10)19-12/h3-6,9,17H,2,7-8H2,1H3. The number of nitrogens with zero attached hydrogens (tertiary/aromatic N) is 1. The summed E-state index contributed by atoms with van der Waals surface area (Å²) in [7, 11) is 0. The molecule has 1 aromatic heterocycles. The van der Waals surface area contributed by atoms with Crippen molar-refractivity contribution in [2.75, 3.05) is 6.54 Å². The minimum Gasteiger partial charge on any atom is -0.313 e. The van der Waals surface area contributed by atoms with Gasteiger partial charge in [0.1, 0.15) is 0 Å². The number of thiazole rings is 1. The molecule has 0 fully saturated rings. The third kappa shape index (κ3) is 4.18. The summed E-state index contributed by atoms with van der Waals surface area (Å²) in [6.07, 6.45) is -4.66. The van der Waals surface area contributed by atoms with Crippen LogP contribution in [0.1, 0.15) is 18.4 Å². The van der Waals surface area contributed by atoms with Crippen molar-refractivity contribution in [3.63, 3.8) is 0 Å². The molecule has 0 bridgehead atoms. The van der Waals surface area contributed by atoms with E-state index >= 15 is 0 Å². The van der Waals surface area contributed by atoms with Gasteiger partial charge in [-0.2, -0.15) is 13.2 Å². The second-order valence-electron chi connectivity index (χ2n) is 4.35. The first-order valence-electron chi connectivity index (χ1n) is 6.12. The molecule has 0 aliphatic heterocycles. The van der Waals surface area contributed by atoms with E-state index < -0.39 is 18.6 Å². The van der Waals surface area contributed by atoms with Gasteiger partial charge in [-0.3, -0.25) is 0 Å². The summed E-state index contributed by atoms with van der Waals surface area (Å²) in [5.74, 6) is 0. The summed E-state index contributed by atoms with van der Waals surface area (Å²) in [6.45, 7) is 2.33. The topological polar surface area (TPSA) is 24.9 Å². The van der Waals surface area contributed by atoms with Gasteiger partial charge in [0.25, 0.3) is 0 Å². The van der Waals surface area contributed by atoms with Crippen molar-refractivity contribution in [3.8, 4) is 0 Å². The SMILES string of the molecule is CCNC(Cc1nc2ccccc2s1)CC(F)(F)F. The molecule has 2 aromatic rings. The van der Waals surface area contributed by atoms with Crippen molar-refractivity contribution in [2.24, 2.45) is 0 Å². The van der Waals surface area contributed by atoms with E-state index in [9.17, 15) is 13.2 Å². The average molecular weight is 288 g/mol. The van der Waals surface area contributed by atoms with E-state index in [1.165, 1.54) is 11.3 Å². The number of likely N-dealkylation sites (N-methyl/N-ethyl adjacent to an activating group) is 1. The Morgan fingerprint density at radius 3 is 2.68 bits per heavy atom. The van der Waals surface area contributed by atoms with E-state index in [-0.39, 0.29) is 0 Å². The molecule has 1 aromatic carbocycles. The molecule has 0 radical (unpaired) electrons. The fourth-order valence-electron chi connectivity index (χ4n) is 2.00. The maximum Gasteiger partial charge on any atom is 0.390 e. The maximum absolute atomic E-state index is 12.5. The Bertz CT molecular complexity index is 503. The fourth-order valence-corrected chi connectivity index (χ4v) is 3.05. The summed E-state index contributed by atoms with van der Waals surface area (Å²) in [6, 6.07) is 6.99. The lowest BCUT2D eigenvalue weighted by Crippen LogP contribution is -2.35. The van der Waals surface area contributed by atoms with Crippen molar-refractivity contribution < 1.29 is 13.2 Å². The first-order valence-corrected chi connectivity index (χ1v) is 6.94. The first kappa shape index (κ1) is 14.3. The third-order valence-corrected chi connectivity index (χ3v) is 3.79. The molecule has 0 aliphatic rings. The Labute approximate surface area is 113 Å². The van der Waals surface area contributed by atoms with Crippen LogP contribution in [0.5, 0.6) is 0 Å². The average Bonchev–Trinajstić information content (AvgIpc) is 2.69. The molecule has 19 heavy (non-hydrogen) atoms. The van der Waals surface area contributed by atoms with E-state index in [0.717, 1.165) is 15.2 Å². The second-order valence-corrected chi connectivity index (χ2v) is 5.47. The number of nitrogens with one attached hydrogen (secondary N) is 1. The number of aromatic nitrogens is 1. The van der Waals surface area contributed by atoms with Gasteiger partial charge < -0.3 is 5.32 Å². The number of rotatable bonds is 5. The second kappa shape index (κ2) is 5.88. The Balaban J connectivity index is 2.11. The zero-order chi connectivity index (χ0) is 13.9. The highest BCUT2D eigenvalue weighted by Crippen LogP contribution is 2.26. The molecule has 0 aliphatic carbocycles. The van der Waals surface area contributed by atoms with Crippen LogP contribution in [-0.4, -0.2) is 23.7 Å². The van der Waals surface area contributed by atoms with Crippen LogP contribution in [0.15, 0.2) is 24.3 Å². The van der Waals surface area contributed by atoms with Crippen LogP contribution in [0, 0.1) is 0 Å². The van der Waals surface area contributed by atoms with Crippen LogP contribution in [0.4, 0.5) is 13.2 Å². The lowest BCUT2D eigenvalue weighted by Gasteiger charge is -2.18. The molecule has 1 atom stereocenters. The van der Waals surface area contributed by atoms with Crippen LogP contribution in [0.25, 0.3) is 10.2 Å². The van der Waals surface area contributed by atoms with E-state index in [1.807, 2.05) is 31.2 Å². The van der Waals surface area contributed by atoms with Gasteiger partial charge in [0, 0.05) is 12.5 Å². The summed E-state index contributed by atoms with van der Waals surface area (Å²) in [4.78, 5) is 4.38. The number of alkyl halides is 3. The van der Waals surface area contributed by atoms with E-state index in [1.54, 1.807) is 0 Å². The largest absolute Gasteiger partial charge is 0.390 e. The number of fused-ring (bicyclic) bond motifs is 1. The minimum absolute atomic E-state index is 0.312. The van der Waals surface area contributed by atoms with Crippen molar-refractivity contribution in [1.82, 2.24) is 10.3 Å². The number of hydrogen-bond donors (Lipinski definition) is 1. The summed E-state index contributed by atoms with van der Waals surface area (Å²) < 4.78 is 38.5. The van der Waals surface area contributed by atoms with Crippen molar-refractivity contribution in [1.29, 1.82) is 0 Å². The van der Waals surface area contributed by atoms with Crippen LogP contribution in [0.2, 0.25) is 0 Å². The number of benzene rings is 1. The normalized spacial score (nSPS) is 13.9. The van der Waals surface area contributed by atoms with Crippen LogP contribution in [-0.2, 0) is 6.42 Å². The molecule has 1 N–H and O–H groups in total. The molecule has 0 amide bonds. The molecule has 0 saturated heterocycles. The Morgan fingerprint density at radius 2 is 2.05 bits per heavy atom. The van der Waals surface area contributed by atoms with E-state index in [0.29, 0.717) is 13.0 Å². The maximum atomic E-state index is 12.5. The summed E-state index contributed by atoms with van der Waals surface area (Å²) in [5, 5.41) is 3.63.